The van der Waals surface area contributed by atoms with Crippen LogP contribution in [0.5, 0.6) is 0 Å². The Labute approximate surface area is 179 Å². The molecule has 158 valence electrons. The fraction of sp³-hybridized carbons (Fsp3) is 0.480. The van der Waals surface area contributed by atoms with E-state index < -0.39 is 0 Å². The van der Waals surface area contributed by atoms with E-state index in [-0.39, 0.29) is 5.91 Å². The number of benzene rings is 1. The first-order valence-corrected chi connectivity index (χ1v) is 11.3. The number of hydrogen-bond acceptors (Lipinski definition) is 4. The number of nitrogens with zero attached hydrogens (tertiary/aromatic N) is 4. The molecule has 2 aliphatic rings. The van der Waals surface area contributed by atoms with Gasteiger partial charge >= 0.3 is 0 Å². The molecule has 1 aliphatic carbocycles. The van der Waals surface area contributed by atoms with E-state index in [0.717, 1.165) is 50.7 Å². The maximum atomic E-state index is 12.0. The lowest BCUT2D eigenvalue weighted by Crippen LogP contribution is -2.49. The molecule has 5 heteroatoms. The molecule has 1 saturated heterocycles. The van der Waals surface area contributed by atoms with Crippen molar-refractivity contribution in [3.05, 3.63) is 66.1 Å². The molecule has 5 nitrogen and oxygen atoms in total. The fourth-order valence-corrected chi connectivity index (χ4v) is 4.66. The summed E-state index contributed by atoms with van der Waals surface area (Å²) in [5.41, 5.74) is 2.62. The molecule has 2 heterocycles. The molecular weight excluding hydrogens is 372 g/mol. The van der Waals surface area contributed by atoms with Crippen LogP contribution < -0.4 is 4.90 Å². The maximum Gasteiger partial charge on any atom is 0.246 e. The fourth-order valence-electron chi connectivity index (χ4n) is 4.66. The molecule has 2 aromatic rings. The highest BCUT2D eigenvalue weighted by Gasteiger charge is 2.26. The van der Waals surface area contributed by atoms with Gasteiger partial charge in [0.25, 0.3) is 0 Å². The summed E-state index contributed by atoms with van der Waals surface area (Å²) in [6, 6.07) is 10.5. The van der Waals surface area contributed by atoms with E-state index in [1.54, 1.807) is 0 Å². The molecule has 0 atom stereocenters. The molecule has 30 heavy (non-hydrogen) atoms. The molecule has 4 rings (SSSR count). The Hall–Kier alpha value is -2.69. The number of aromatic nitrogens is 2. The lowest BCUT2D eigenvalue weighted by molar-refractivity contribution is -0.126. The lowest BCUT2D eigenvalue weighted by Gasteiger charge is -2.37. The van der Waals surface area contributed by atoms with Gasteiger partial charge in [-0.3, -0.25) is 4.79 Å². The largest absolute Gasteiger partial charge is 0.353 e. The van der Waals surface area contributed by atoms with Crippen LogP contribution in [0.3, 0.4) is 0 Å². The van der Waals surface area contributed by atoms with Gasteiger partial charge in [0.05, 0.1) is 0 Å². The normalized spacial score (nSPS) is 17.7. The minimum atomic E-state index is 0.0217. The number of carbonyl (C=O) groups is 1. The lowest BCUT2D eigenvalue weighted by atomic mass is 9.84. The van der Waals surface area contributed by atoms with E-state index in [2.05, 4.69) is 41.9 Å². The second kappa shape index (κ2) is 9.88. The average molecular weight is 405 g/mol. The van der Waals surface area contributed by atoms with Gasteiger partial charge < -0.3 is 9.80 Å². The first kappa shape index (κ1) is 20.6. The molecule has 0 N–H and O–H groups in total. The summed E-state index contributed by atoms with van der Waals surface area (Å²) in [6.07, 6.45) is 11.7. The standard InChI is InChI=1S/C25H32N4O/c1-2-24(30)28-15-17-29(18-16-28)25-22(21-11-7-4-8-12-21)19-26-23(27-25)14-13-20-9-5-3-6-10-20/h2-3,5-6,9-10,19,21H,1,4,7-8,11-18H2. The van der Waals surface area contributed by atoms with Gasteiger partial charge in [-0.05, 0) is 36.8 Å². The highest BCUT2D eigenvalue weighted by atomic mass is 16.2. The van der Waals surface area contributed by atoms with Crippen molar-refractivity contribution in [1.82, 2.24) is 14.9 Å². The molecule has 0 unspecified atom stereocenters. The van der Waals surface area contributed by atoms with E-state index >= 15 is 0 Å². The summed E-state index contributed by atoms with van der Waals surface area (Å²) in [6.45, 7) is 6.69. The van der Waals surface area contributed by atoms with Crippen molar-refractivity contribution in [3.63, 3.8) is 0 Å². The van der Waals surface area contributed by atoms with Crippen molar-refractivity contribution in [2.45, 2.75) is 50.9 Å². The third kappa shape index (κ3) is 4.89. The van der Waals surface area contributed by atoms with E-state index in [0.29, 0.717) is 5.92 Å². The molecule has 2 fully saturated rings. The zero-order valence-corrected chi connectivity index (χ0v) is 17.8. The van der Waals surface area contributed by atoms with Crippen LogP contribution in [0, 0.1) is 0 Å². The first-order valence-electron chi connectivity index (χ1n) is 11.3. The molecular formula is C25H32N4O. The van der Waals surface area contributed by atoms with Gasteiger partial charge in [-0.2, -0.15) is 0 Å². The van der Waals surface area contributed by atoms with Gasteiger partial charge in [0.15, 0.2) is 0 Å². The van der Waals surface area contributed by atoms with Crippen molar-refractivity contribution in [3.8, 4) is 0 Å². The number of piperazine rings is 1. The van der Waals surface area contributed by atoms with E-state index in [9.17, 15) is 4.79 Å². The summed E-state index contributed by atoms with van der Waals surface area (Å²) in [5, 5.41) is 0. The molecule has 1 aliphatic heterocycles. The maximum absolute atomic E-state index is 12.0. The Balaban J connectivity index is 1.53. The monoisotopic (exact) mass is 404 g/mol. The second-order valence-corrected chi connectivity index (χ2v) is 8.40. The zero-order chi connectivity index (χ0) is 20.8. The second-order valence-electron chi connectivity index (χ2n) is 8.40. The molecule has 1 aromatic carbocycles. The smallest absolute Gasteiger partial charge is 0.246 e. The van der Waals surface area contributed by atoms with E-state index in [1.807, 2.05) is 11.0 Å². The molecule has 1 saturated carbocycles. The number of rotatable bonds is 6. The Kier molecular flexibility index (Phi) is 6.77. The predicted molar refractivity (Wildman–Crippen MR) is 121 cm³/mol. The Morgan fingerprint density at radius 3 is 2.47 bits per heavy atom. The topological polar surface area (TPSA) is 49.3 Å². The van der Waals surface area contributed by atoms with Crippen LogP contribution >= 0.6 is 0 Å². The minimum Gasteiger partial charge on any atom is -0.353 e. The molecule has 0 spiro atoms. The van der Waals surface area contributed by atoms with Crippen LogP contribution in [0.2, 0.25) is 0 Å². The number of hydrogen-bond donors (Lipinski definition) is 0. The number of aryl methyl sites for hydroxylation is 2. The summed E-state index contributed by atoms with van der Waals surface area (Å²) in [4.78, 5) is 26.0. The first-order chi connectivity index (χ1) is 14.7. The number of carbonyl (C=O) groups excluding carboxylic acids is 1. The van der Waals surface area contributed by atoms with Crippen molar-refractivity contribution in [2.75, 3.05) is 31.1 Å². The zero-order valence-electron chi connectivity index (χ0n) is 17.8. The van der Waals surface area contributed by atoms with Crippen LogP contribution in [0.25, 0.3) is 0 Å². The van der Waals surface area contributed by atoms with Gasteiger partial charge in [0, 0.05) is 44.4 Å². The van der Waals surface area contributed by atoms with Crippen LogP contribution in [-0.2, 0) is 17.6 Å². The molecule has 1 amide bonds. The van der Waals surface area contributed by atoms with Crippen LogP contribution in [-0.4, -0.2) is 47.0 Å². The Morgan fingerprint density at radius 2 is 1.77 bits per heavy atom. The predicted octanol–water partition coefficient (Wildman–Crippen LogP) is 4.14. The minimum absolute atomic E-state index is 0.0217. The van der Waals surface area contributed by atoms with Crippen LogP contribution in [0.4, 0.5) is 5.82 Å². The van der Waals surface area contributed by atoms with Gasteiger partial charge in [-0.15, -0.1) is 0 Å². The van der Waals surface area contributed by atoms with E-state index in [4.69, 9.17) is 9.97 Å². The van der Waals surface area contributed by atoms with Gasteiger partial charge in [-0.1, -0.05) is 56.2 Å². The van der Waals surface area contributed by atoms with Crippen molar-refractivity contribution in [1.29, 1.82) is 0 Å². The van der Waals surface area contributed by atoms with Gasteiger partial charge in [0.1, 0.15) is 11.6 Å². The summed E-state index contributed by atoms with van der Waals surface area (Å²) >= 11 is 0. The van der Waals surface area contributed by atoms with Crippen molar-refractivity contribution >= 4 is 11.7 Å². The average Bonchev–Trinajstić information content (AvgIpc) is 2.83. The summed E-state index contributed by atoms with van der Waals surface area (Å²) < 4.78 is 0. The summed E-state index contributed by atoms with van der Waals surface area (Å²) in [7, 11) is 0. The number of anilines is 1. The summed E-state index contributed by atoms with van der Waals surface area (Å²) in [5.74, 6) is 2.60. The number of amides is 1. The molecule has 0 bridgehead atoms. The van der Waals surface area contributed by atoms with E-state index in [1.165, 1.54) is 49.3 Å². The third-order valence-corrected chi connectivity index (χ3v) is 6.44. The quantitative estimate of drug-likeness (QED) is 0.679. The van der Waals surface area contributed by atoms with Gasteiger partial charge in [0.2, 0.25) is 5.91 Å². The SMILES string of the molecule is C=CC(=O)N1CCN(c2nc(CCc3ccccc3)ncc2C2CCCCC2)CC1. The van der Waals surface area contributed by atoms with Crippen LogP contribution in [0.1, 0.15) is 55.0 Å². The van der Waals surface area contributed by atoms with Crippen molar-refractivity contribution in [2.24, 2.45) is 0 Å². The van der Waals surface area contributed by atoms with Gasteiger partial charge in [-0.25, -0.2) is 9.97 Å². The molecule has 1 aromatic heterocycles. The Morgan fingerprint density at radius 1 is 1.03 bits per heavy atom. The third-order valence-electron chi connectivity index (χ3n) is 6.44. The Bertz CT molecular complexity index is 853. The highest BCUT2D eigenvalue weighted by Crippen LogP contribution is 2.37. The molecule has 0 radical (unpaired) electrons. The van der Waals surface area contributed by atoms with Crippen molar-refractivity contribution < 1.29 is 4.79 Å². The highest BCUT2D eigenvalue weighted by molar-refractivity contribution is 5.87. The van der Waals surface area contributed by atoms with Crippen LogP contribution in [0.15, 0.2) is 49.2 Å².